The highest BCUT2D eigenvalue weighted by Crippen LogP contribution is 2.31. The molecule has 11 heteroatoms. The summed E-state index contributed by atoms with van der Waals surface area (Å²) in [6.45, 7) is 6.46. The second-order valence-corrected chi connectivity index (χ2v) is 9.94. The highest BCUT2D eigenvalue weighted by atomic mass is 35.6. The Morgan fingerprint density at radius 2 is 1.89 bits per heavy atom. The zero-order chi connectivity index (χ0) is 20.4. The van der Waals surface area contributed by atoms with Crippen molar-refractivity contribution in [3.63, 3.8) is 0 Å². The number of likely N-dealkylation sites (tertiary alicyclic amines) is 1. The third-order valence-electron chi connectivity index (χ3n) is 4.18. The number of nitrogens with one attached hydrogen (secondary N) is 1. The van der Waals surface area contributed by atoms with Crippen LogP contribution in [0.25, 0.3) is 0 Å². The first-order chi connectivity index (χ1) is 12.4. The zero-order valence-corrected chi connectivity index (χ0v) is 17.6. The van der Waals surface area contributed by atoms with Gasteiger partial charge in [0.2, 0.25) is 3.79 Å². The van der Waals surface area contributed by atoms with Crippen LogP contribution in [-0.2, 0) is 10.2 Å². The Labute approximate surface area is 172 Å². The summed E-state index contributed by atoms with van der Waals surface area (Å²) in [5.74, 6) is 0.461. The molecule has 0 bridgehead atoms. The first-order valence-electron chi connectivity index (χ1n) is 8.45. The molecule has 0 atom stereocenters. The fourth-order valence-corrected chi connectivity index (χ4v) is 2.89. The number of hydrogen-bond acceptors (Lipinski definition) is 4. The summed E-state index contributed by atoms with van der Waals surface area (Å²) in [7, 11) is 0. The van der Waals surface area contributed by atoms with E-state index in [0.29, 0.717) is 31.7 Å². The smallest absolute Gasteiger partial charge is 0.412 e. The van der Waals surface area contributed by atoms with Gasteiger partial charge in [-0.15, -0.1) is 0 Å². The lowest BCUT2D eigenvalue weighted by molar-refractivity contribution is 0.124. The number of nitrogens with zero attached hydrogens (tertiary/aromatic N) is 3. The number of piperidine rings is 1. The van der Waals surface area contributed by atoms with Crippen molar-refractivity contribution >= 4 is 52.8 Å². The van der Waals surface area contributed by atoms with E-state index in [4.69, 9.17) is 44.6 Å². The lowest BCUT2D eigenvalue weighted by Crippen LogP contribution is -2.38. The van der Waals surface area contributed by atoms with Crippen LogP contribution in [0.15, 0.2) is 6.07 Å². The number of amides is 2. The molecule has 1 fully saturated rings. The monoisotopic (exact) mass is 440 g/mol. The molecule has 1 aliphatic rings. The molecule has 152 valence electrons. The number of ether oxygens (including phenoxy) is 1. The Morgan fingerprint density at radius 1 is 1.30 bits per heavy atom. The van der Waals surface area contributed by atoms with Crippen LogP contribution < -0.4 is 5.32 Å². The maximum atomic E-state index is 12.1. The maximum Gasteiger partial charge on any atom is 0.412 e. The first kappa shape index (κ1) is 21.9. The van der Waals surface area contributed by atoms with Crippen molar-refractivity contribution in [3.8, 4) is 0 Å². The van der Waals surface area contributed by atoms with Crippen molar-refractivity contribution in [3.05, 3.63) is 11.8 Å². The Morgan fingerprint density at radius 3 is 2.37 bits per heavy atom. The molecular weight excluding hydrogens is 419 g/mol. The van der Waals surface area contributed by atoms with Crippen molar-refractivity contribution in [2.75, 3.05) is 25.0 Å². The topological polar surface area (TPSA) is 96.7 Å². The number of rotatable bonds is 3. The van der Waals surface area contributed by atoms with E-state index in [0.717, 1.165) is 5.69 Å². The normalized spacial score (nSPS) is 16.3. The number of halogens is 3. The Kier molecular flexibility index (Phi) is 6.76. The molecule has 2 heterocycles. The van der Waals surface area contributed by atoms with E-state index in [1.54, 1.807) is 10.7 Å². The molecule has 0 spiro atoms. The van der Waals surface area contributed by atoms with E-state index < -0.39 is 16.0 Å². The maximum absolute atomic E-state index is 12.1. The van der Waals surface area contributed by atoms with Crippen LogP contribution in [0.3, 0.4) is 0 Å². The van der Waals surface area contributed by atoms with E-state index >= 15 is 0 Å². The van der Waals surface area contributed by atoms with Crippen molar-refractivity contribution in [2.45, 2.75) is 48.9 Å². The van der Waals surface area contributed by atoms with E-state index in [1.165, 1.54) is 4.90 Å². The summed E-state index contributed by atoms with van der Waals surface area (Å²) in [6, 6.07) is 1.74. The van der Waals surface area contributed by atoms with Crippen LogP contribution in [0, 0.1) is 0 Å². The van der Waals surface area contributed by atoms with Crippen molar-refractivity contribution in [1.82, 2.24) is 14.7 Å². The van der Waals surface area contributed by atoms with Crippen LogP contribution in [0.5, 0.6) is 0 Å². The van der Waals surface area contributed by atoms with Gasteiger partial charge in [0.05, 0.1) is 11.7 Å². The molecule has 0 radical (unpaired) electrons. The second-order valence-electron chi connectivity index (χ2n) is 7.43. The quantitative estimate of drug-likeness (QED) is 0.677. The van der Waals surface area contributed by atoms with Gasteiger partial charge in [-0.3, -0.25) is 5.32 Å². The molecule has 1 aliphatic heterocycles. The van der Waals surface area contributed by atoms with Crippen LogP contribution in [0.2, 0.25) is 0 Å². The molecule has 0 saturated carbocycles. The van der Waals surface area contributed by atoms with E-state index in [2.05, 4.69) is 10.4 Å². The molecule has 0 unspecified atom stereocenters. The van der Waals surface area contributed by atoms with Gasteiger partial charge in [0.25, 0.3) is 0 Å². The van der Waals surface area contributed by atoms with Gasteiger partial charge >= 0.3 is 12.2 Å². The van der Waals surface area contributed by atoms with Gasteiger partial charge in [-0.2, -0.15) is 5.10 Å². The van der Waals surface area contributed by atoms with Gasteiger partial charge in [0.1, 0.15) is 12.4 Å². The first-order valence-corrected chi connectivity index (χ1v) is 9.58. The van der Waals surface area contributed by atoms with Crippen LogP contribution in [-0.4, -0.2) is 55.5 Å². The number of anilines is 1. The van der Waals surface area contributed by atoms with E-state index in [1.807, 2.05) is 20.8 Å². The molecule has 1 aromatic rings. The average Bonchev–Trinajstić information content (AvgIpc) is 2.96. The lowest BCUT2D eigenvalue weighted by Gasteiger charge is -2.31. The molecule has 2 amide bonds. The summed E-state index contributed by atoms with van der Waals surface area (Å²) in [5, 5.41) is 16.4. The van der Waals surface area contributed by atoms with Crippen molar-refractivity contribution < 1.29 is 19.4 Å². The van der Waals surface area contributed by atoms with E-state index in [9.17, 15) is 9.59 Å². The van der Waals surface area contributed by atoms with Gasteiger partial charge in [-0.1, -0.05) is 55.6 Å². The molecule has 1 saturated heterocycles. The summed E-state index contributed by atoms with van der Waals surface area (Å²) >= 11 is 16.8. The summed E-state index contributed by atoms with van der Waals surface area (Å²) < 4.78 is 4.95. The number of carboxylic acid groups (broad SMARTS) is 1. The lowest BCUT2D eigenvalue weighted by atomic mass is 9.92. The number of hydrogen-bond donors (Lipinski definition) is 2. The van der Waals surface area contributed by atoms with Crippen LogP contribution in [0.1, 0.15) is 45.3 Å². The van der Waals surface area contributed by atoms with Crippen LogP contribution in [0.4, 0.5) is 15.4 Å². The fraction of sp³-hybridized carbons (Fsp3) is 0.688. The molecular formula is C16H23Cl3N4O4. The van der Waals surface area contributed by atoms with E-state index in [-0.39, 0.29) is 18.1 Å². The molecule has 8 nitrogen and oxygen atoms in total. The fourth-order valence-electron chi connectivity index (χ4n) is 2.72. The van der Waals surface area contributed by atoms with Crippen molar-refractivity contribution in [2.24, 2.45) is 0 Å². The Hall–Kier alpha value is -1.38. The van der Waals surface area contributed by atoms with Gasteiger partial charge < -0.3 is 14.7 Å². The van der Waals surface area contributed by atoms with Gasteiger partial charge in [-0.25, -0.2) is 14.3 Å². The molecule has 2 N–H and O–H groups in total. The average molecular weight is 442 g/mol. The molecule has 0 aromatic carbocycles. The minimum Gasteiger partial charge on any atom is -0.465 e. The molecule has 27 heavy (non-hydrogen) atoms. The largest absolute Gasteiger partial charge is 0.465 e. The second kappa shape index (κ2) is 8.32. The molecule has 2 rings (SSSR count). The minimum absolute atomic E-state index is 0.0415. The standard InChI is InChI=1S/C16H23Cl3N4O4/c1-15(2,3)11-8-12(20-13(24)27-9-16(17,18)19)23(21-11)10-4-6-22(7-5-10)14(25)26/h8,10H,4-7,9H2,1-3H3,(H,20,24)(H,25,26). The summed E-state index contributed by atoms with van der Waals surface area (Å²) in [5.41, 5.74) is 0.560. The highest BCUT2D eigenvalue weighted by Gasteiger charge is 2.29. The van der Waals surface area contributed by atoms with Gasteiger partial charge in [0, 0.05) is 24.6 Å². The predicted octanol–water partition coefficient (Wildman–Crippen LogP) is 4.41. The molecule has 0 aliphatic carbocycles. The molecule has 1 aromatic heterocycles. The van der Waals surface area contributed by atoms with Crippen LogP contribution >= 0.6 is 34.8 Å². The number of aromatic nitrogens is 2. The third kappa shape index (κ3) is 6.33. The van der Waals surface area contributed by atoms with Gasteiger partial charge in [-0.05, 0) is 12.8 Å². The van der Waals surface area contributed by atoms with Gasteiger partial charge in [0.15, 0.2) is 0 Å². The predicted molar refractivity (Wildman–Crippen MR) is 104 cm³/mol. The highest BCUT2D eigenvalue weighted by molar-refractivity contribution is 6.67. The zero-order valence-electron chi connectivity index (χ0n) is 15.3. The number of alkyl halides is 3. The minimum atomic E-state index is -1.70. The summed E-state index contributed by atoms with van der Waals surface area (Å²) in [4.78, 5) is 24.5. The SMILES string of the molecule is CC(C)(C)c1cc(NC(=O)OCC(Cl)(Cl)Cl)n(C2CCN(C(=O)O)CC2)n1. The number of carbonyl (C=O) groups excluding carboxylic acids is 1. The van der Waals surface area contributed by atoms with Crippen molar-refractivity contribution in [1.29, 1.82) is 0 Å². The third-order valence-corrected chi connectivity index (χ3v) is 4.51. The Bertz CT molecular complexity index is 689. The summed E-state index contributed by atoms with van der Waals surface area (Å²) in [6.07, 6.45) is -0.505. The number of carbonyl (C=O) groups is 2. The Balaban J connectivity index is 2.17.